The maximum Gasteiger partial charge on any atom is 0.160 e. The zero-order chi connectivity index (χ0) is 40.0. The monoisotopic (exact) mass is 746 g/mol. The average molecular weight is 747 g/mol. The molecule has 0 N–H and O–H groups in total. The van der Waals surface area contributed by atoms with Crippen LogP contribution in [-0.4, -0.2) is 19.9 Å². The van der Waals surface area contributed by atoms with Crippen molar-refractivity contribution in [2.45, 2.75) is 65.2 Å². The summed E-state index contributed by atoms with van der Waals surface area (Å²) in [5, 5.41) is 0. The van der Waals surface area contributed by atoms with Crippen molar-refractivity contribution in [2.24, 2.45) is 5.92 Å². The van der Waals surface area contributed by atoms with Crippen LogP contribution in [0.4, 0.5) is 0 Å². The van der Waals surface area contributed by atoms with Crippen LogP contribution in [0, 0.1) is 5.92 Å². The molecule has 0 spiro atoms. The van der Waals surface area contributed by atoms with Gasteiger partial charge in [0, 0.05) is 33.2 Å². The topological polar surface area (TPSA) is 51.6 Å². The smallest absolute Gasteiger partial charge is 0.160 e. The Kier molecular flexibility index (Phi) is 13.9. The van der Waals surface area contributed by atoms with Gasteiger partial charge in [0.25, 0.3) is 0 Å². The Bertz CT molecular complexity index is 2270. The molecule has 2 heterocycles. The summed E-state index contributed by atoms with van der Waals surface area (Å²) in [6, 6.07) is 44.2. The average Bonchev–Trinajstić information content (AvgIpc) is 3.29. The van der Waals surface area contributed by atoms with Gasteiger partial charge < -0.3 is 0 Å². The van der Waals surface area contributed by atoms with Crippen LogP contribution in [0.3, 0.4) is 0 Å². The summed E-state index contributed by atoms with van der Waals surface area (Å²) < 4.78 is 0. The van der Waals surface area contributed by atoms with E-state index in [4.69, 9.17) is 19.9 Å². The Morgan fingerprint density at radius 1 is 0.632 bits per heavy atom. The van der Waals surface area contributed by atoms with Crippen LogP contribution in [0.5, 0.6) is 0 Å². The Balaban J connectivity index is 0.00000270. The molecule has 4 heteroatoms. The molecule has 0 bridgehead atoms. The maximum absolute atomic E-state index is 5.11. The number of nitrogens with zero attached hydrogens (tertiary/aromatic N) is 4. The lowest BCUT2D eigenvalue weighted by molar-refractivity contribution is 0.266. The quantitative estimate of drug-likeness (QED) is 0.104. The van der Waals surface area contributed by atoms with E-state index in [0.717, 1.165) is 94.1 Å². The summed E-state index contributed by atoms with van der Waals surface area (Å²) in [6.07, 6.45) is 17.9. The molecule has 1 aliphatic rings. The SMILES string of the molecule is C=C/C=C(\C=C)c1cc(-c2ccccc2)nc(-c2ccc(C(CCC)(CCC)C3C=CC(c4nc(-c5ccccc5)cc(-c5ccccc5)n4)=CC3)cc2)n1.CC. The molecule has 4 aromatic carbocycles. The largest absolute Gasteiger partial charge is 0.228 e. The van der Waals surface area contributed by atoms with Crippen LogP contribution < -0.4 is 0 Å². The minimum absolute atomic E-state index is 0.0247. The van der Waals surface area contributed by atoms with Gasteiger partial charge in [0.05, 0.1) is 22.8 Å². The lowest BCUT2D eigenvalue weighted by atomic mass is 9.63. The Morgan fingerprint density at radius 2 is 1.14 bits per heavy atom. The third kappa shape index (κ3) is 9.24. The lowest BCUT2D eigenvalue weighted by Gasteiger charge is -2.41. The lowest BCUT2D eigenvalue weighted by Crippen LogP contribution is -2.35. The van der Waals surface area contributed by atoms with E-state index in [1.54, 1.807) is 6.08 Å². The highest BCUT2D eigenvalue weighted by Gasteiger charge is 2.38. The molecule has 6 aromatic rings. The van der Waals surface area contributed by atoms with Gasteiger partial charge in [-0.05, 0) is 48.4 Å². The van der Waals surface area contributed by atoms with Crippen molar-refractivity contribution in [1.82, 2.24) is 19.9 Å². The van der Waals surface area contributed by atoms with Crippen LogP contribution in [0.25, 0.3) is 56.3 Å². The van der Waals surface area contributed by atoms with Crippen molar-refractivity contribution in [3.8, 4) is 45.2 Å². The minimum atomic E-state index is -0.0247. The molecule has 0 saturated carbocycles. The van der Waals surface area contributed by atoms with Crippen molar-refractivity contribution in [3.63, 3.8) is 0 Å². The van der Waals surface area contributed by atoms with Gasteiger partial charge in [0.15, 0.2) is 11.6 Å². The zero-order valence-corrected chi connectivity index (χ0v) is 33.9. The summed E-state index contributed by atoms with van der Waals surface area (Å²) in [7, 11) is 0. The Morgan fingerprint density at radius 3 is 1.60 bits per heavy atom. The van der Waals surface area contributed by atoms with Gasteiger partial charge in [-0.3, -0.25) is 0 Å². The van der Waals surface area contributed by atoms with E-state index in [0.29, 0.717) is 11.7 Å². The van der Waals surface area contributed by atoms with Crippen molar-refractivity contribution >= 4 is 11.1 Å². The molecule has 0 amide bonds. The summed E-state index contributed by atoms with van der Waals surface area (Å²) in [5.74, 6) is 1.78. The Labute approximate surface area is 340 Å². The molecular formula is C53H54N4. The summed E-state index contributed by atoms with van der Waals surface area (Å²) in [5.41, 5.74) is 11.0. The predicted molar refractivity (Wildman–Crippen MR) is 242 cm³/mol. The number of allylic oxidation sites excluding steroid dienone is 8. The molecule has 1 aliphatic carbocycles. The fraction of sp³-hybridized carbons (Fsp3) is 0.208. The van der Waals surface area contributed by atoms with E-state index in [1.165, 1.54) is 5.56 Å². The fourth-order valence-corrected chi connectivity index (χ4v) is 7.99. The van der Waals surface area contributed by atoms with Crippen molar-refractivity contribution in [2.75, 3.05) is 0 Å². The molecule has 1 unspecified atom stereocenters. The Hall–Kier alpha value is -6.26. The fourth-order valence-electron chi connectivity index (χ4n) is 7.99. The third-order valence-corrected chi connectivity index (χ3v) is 10.7. The third-order valence-electron chi connectivity index (χ3n) is 10.7. The van der Waals surface area contributed by atoms with E-state index in [2.05, 4.69) is 136 Å². The minimum Gasteiger partial charge on any atom is -0.228 e. The van der Waals surface area contributed by atoms with E-state index < -0.39 is 0 Å². The molecule has 0 radical (unpaired) electrons. The van der Waals surface area contributed by atoms with Gasteiger partial charge >= 0.3 is 0 Å². The molecule has 0 aliphatic heterocycles. The number of hydrogen-bond donors (Lipinski definition) is 0. The second-order valence-electron chi connectivity index (χ2n) is 14.2. The van der Waals surface area contributed by atoms with Crippen LogP contribution in [0.2, 0.25) is 0 Å². The highest BCUT2D eigenvalue weighted by molar-refractivity contribution is 5.78. The van der Waals surface area contributed by atoms with Gasteiger partial charge in [0.2, 0.25) is 0 Å². The highest BCUT2D eigenvalue weighted by Crippen LogP contribution is 2.46. The first-order valence-electron chi connectivity index (χ1n) is 20.4. The van der Waals surface area contributed by atoms with Crippen molar-refractivity contribution in [1.29, 1.82) is 0 Å². The van der Waals surface area contributed by atoms with Crippen LogP contribution in [0.15, 0.2) is 177 Å². The first kappa shape index (κ1) is 40.4. The van der Waals surface area contributed by atoms with Crippen LogP contribution >= 0.6 is 0 Å². The number of aromatic nitrogens is 4. The van der Waals surface area contributed by atoms with E-state index in [-0.39, 0.29) is 5.41 Å². The molecule has 0 saturated heterocycles. The van der Waals surface area contributed by atoms with Gasteiger partial charge in [-0.1, -0.05) is 205 Å². The van der Waals surface area contributed by atoms with Crippen LogP contribution in [0.1, 0.15) is 76.9 Å². The van der Waals surface area contributed by atoms with Crippen molar-refractivity contribution in [3.05, 3.63) is 194 Å². The van der Waals surface area contributed by atoms with Gasteiger partial charge in [-0.2, -0.15) is 0 Å². The molecule has 57 heavy (non-hydrogen) atoms. The standard InChI is InChI=1S/C51H48N4.C2H6/c1-5-18-37(8-4)45-35-46(38-19-12-9-13-20-38)53-49(52-45)41-25-29-43(30-26-41)51(33-6-2,34-7-3)44-31-27-42(28-32-44)50-54-47(39-21-14-10-15-22-39)36-48(55-50)40-23-16-11-17-24-40;1-2/h5,8-31,35-36,44H,1,4,6-7,32-34H2,2-3H3;1-2H3/b37-18+;. The summed E-state index contributed by atoms with van der Waals surface area (Å²) in [6.45, 7) is 16.6. The maximum atomic E-state index is 5.11. The molecule has 7 rings (SSSR count). The number of rotatable bonds is 14. The van der Waals surface area contributed by atoms with Crippen molar-refractivity contribution < 1.29 is 0 Å². The predicted octanol–water partition coefficient (Wildman–Crippen LogP) is 14.2. The second kappa shape index (κ2) is 19.6. The molecule has 286 valence electrons. The van der Waals surface area contributed by atoms with E-state index in [9.17, 15) is 0 Å². The second-order valence-corrected chi connectivity index (χ2v) is 14.2. The molecule has 2 aromatic heterocycles. The highest BCUT2D eigenvalue weighted by atomic mass is 14.9. The van der Waals surface area contributed by atoms with Gasteiger partial charge in [0.1, 0.15) is 0 Å². The molecule has 1 atom stereocenters. The summed E-state index contributed by atoms with van der Waals surface area (Å²) in [4.78, 5) is 20.3. The van der Waals surface area contributed by atoms with Gasteiger partial charge in [-0.15, -0.1) is 0 Å². The van der Waals surface area contributed by atoms with Gasteiger partial charge in [-0.25, -0.2) is 19.9 Å². The summed E-state index contributed by atoms with van der Waals surface area (Å²) >= 11 is 0. The first-order valence-corrected chi connectivity index (χ1v) is 20.4. The van der Waals surface area contributed by atoms with E-state index in [1.807, 2.05) is 62.4 Å². The van der Waals surface area contributed by atoms with E-state index >= 15 is 0 Å². The zero-order valence-electron chi connectivity index (χ0n) is 33.9. The molecule has 0 fully saturated rings. The first-order chi connectivity index (χ1) is 28.0. The number of hydrogen-bond acceptors (Lipinski definition) is 4. The molecule has 4 nitrogen and oxygen atoms in total. The molecular weight excluding hydrogens is 693 g/mol. The van der Waals surface area contributed by atoms with Crippen LogP contribution in [-0.2, 0) is 5.41 Å². The normalized spacial score (nSPS) is 13.9. The number of benzene rings is 4.